The molecule has 2 aromatic rings. The van der Waals surface area contributed by atoms with Crippen molar-refractivity contribution in [2.24, 2.45) is 17.2 Å². The van der Waals surface area contributed by atoms with Crippen molar-refractivity contribution in [3.05, 3.63) is 52.3 Å². The second-order valence-corrected chi connectivity index (χ2v) is 6.79. The van der Waals surface area contributed by atoms with Gasteiger partial charge in [-0.15, -0.1) is 0 Å². The fraction of sp³-hybridized carbons (Fsp3) is 0.294. The van der Waals surface area contributed by atoms with E-state index in [0.717, 1.165) is 24.4 Å². The summed E-state index contributed by atoms with van der Waals surface area (Å²) in [6.45, 7) is 1.49. The number of alkyl halides is 2. The number of urea groups is 1. The predicted molar refractivity (Wildman–Crippen MR) is 103 cm³/mol. The van der Waals surface area contributed by atoms with Gasteiger partial charge in [0.15, 0.2) is 0 Å². The van der Waals surface area contributed by atoms with Crippen LogP contribution in [0.15, 0.2) is 24.4 Å². The molecule has 0 unspecified atom stereocenters. The van der Waals surface area contributed by atoms with Crippen molar-refractivity contribution in [2.75, 3.05) is 5.32 Å². The fourth-order valence-electron chi connectivity index (χ4n) is 2.89. The Bertz CT molecular complexity index is 961. The van der Waals surface area contributed by atoms with E-state index < -0.39 is 47.9 Å². The SMILES string of the molecule is Cc1nc(Cl)cnc1C(=O)Nc1ccc(F)c([C@@](CC(N)N)(NC(N)=O)C(F)F)c1. The summed E-state index contributed by atoms with van der Waals surface area (Å²) in [5.74, 6) is -1.83. The normalized spacial score (nSPS) is 13.2. The number of halogens is 4. The smallest absolute Gasteiger partial charge is 0.313 e. The fourth-order valence-corrected chi connectivity index (χ4v) is 3.07. The molecule has 162 valence electrons. The third-order valence-electron chi connectivity index (χ3n) is 4.11. The maximum absolute atomic E-state index is 14.5. The van der Waals surface area contributed by atoms with E-state index in [1.54, 1.807) is 0 Å². The van der Waals surface area contributed by atoms with E-state index in [9.17, 15) is 22.8 Å². The Labute approximate surface area is 174 Å². The van der Waals surface area contributed by atoms with Gasteiger partial charge in [-0.05, 0) is 25.1 Å². The molecule has 0 radical (unpaired) electrons. The lowest BCUT2D eigenvalue weighted by molar-refractivity contribution is 0.0230. The lowest BCUT2D eigenvalue weighted by Gasteiger charge is -2.35. The molecule has 0 aliphatic carbocycles. The standard InChI is InChI=1S/C17H19ClF3N7O2/c1-7-13(25-6-11(18)26-7)14(29)27-8-2-3-10(19)9(4-8)17(15(20)21,5-12(22)23)28-16(24)30/h2-4,6,12,15H,5,22-23H2,1H3,(H,27,29)(H3,24,28,30)/t17-/m1/s1. The number of nitrogens with one attached hydrogen (secondary N) is 2. The van der Waals surface area contributed by atoms with E-state index in [-0.39, 0.29) is 22.2 Å². The van der Waals surface area contributed by atoms with Crippen LogP contribution in [-0.2, 0) is 5.54 Å². The van der Waals surface area contributed by atoms with Crippen LogP contribution in [0.2, 0.25) is 5.15 Å². The molecular formula is C17H19ClF3N7O2. The molecule has 0 fully saturated rings. The van der Waals surface area contributed by atoms with E-state index >= 15 is 0 Å². The minimum Gasteiger partial charge on any atom is -0.352 e. The van der Waals surface area contributed by atoms with Crippen LogP contribution in [0.3, 0.4) is 0 Å². The number of hydrogen-bond donors (Lipinski definition) is 5. The minimum atomic E-state index is -3.33. The monoisotopic (exact) mass is 445 g/mol. The summed E-state index contributed by atoms with van der Waals surface area (Å²) in [4.78, 5) is 31.6. The van der Waals surface area contributed by atoms with Gasteiger partial charge in [-0.1, -0.05) is 11.6 Å². The number of carbonyl (C=O) groups excluding carboxylic acids is 2. The van der Waals surface area contributed by atoms with Crippen LogP contribution in [0.25, 0.3) is 0 Å². The summed E-state index contributed by atoms with van der Waals surface area (Å²) in [5, 5.41) is 4.32. The lowest BCUT2D eigenvalue weighted by Crippen LogP contribution is -2.57. The zero-order chi connectivity index (χ0) is 22.6. The van der Waals surface area contributed by atoms with Crippen LogP contribution >= 0.6 is 11.6 Å². The molecule has 0 saturated carbocycles. The molecule has 0 bridgehead atoms. The highest BCUT2D eigenvalue weighted by atomic mass is 35.5. The third kappa shape index (κ3) is 5.14. The molecule has 13 heteroatoms. The minimum absolute atomic E-state index is 0.0607. The van der Waals surface area contributed by atoms with Crippen molar-refractivity contribution in [3.63, 3.8) is 0 Å². The van der Waals surface area contributed by atoms with Gasteiger partial charge in [0.1, 0.15) is 22.2 Å². The van der Waals surface area contributed by atoms with Crippen molar-refractivity contribution in [3.8, 4) is 0 Å². The highest BCUT2D eigenvalue weighted by molar-refractivity contribution is 6.29. The predicted octanol–water partition coefficient (Wildman–Crippen LogP) is 1.59. The van der Waals surface area contributed by atoms with Gasteiger partial charge in [0, 0.05) is 17.7 Å². The molecule has 1 heterocycles. The summed E-state index contributed by atoms with van der Waals surface area (Å²) >= 11 is 5.70. The highest BCUT2D eigenvalue weighted by Gasteiger charge is 2.45. The second-order valence-electron chi connectivity index (χ2n) is 6.40. The zero-order valence-corrected chi connectivity index (χ0v) is 16.4. The summed E-state index contributed by atoms with van der Waals surface area (Å²) in [6, 6.07) is 1.57. The van der Waals surface area contributed by atoms with Crippen molar-refractivity contribution in [2.45, 2.75) is 31.5 Å². The van der Waals surface area contributed by atoms with E-state index in [1.165, 1.54) is 6.92 Å². The van der Waals surface area contributed by atoms with Crippen LogP contribution in [0.5, 0.6) is 0 Å². The van der Waals surface area contributed by atoms with Crippen molar-refractivity contribution in [1.82, 2.24) is 15.3 Å². The molecule has 0 aliphatic rings. The van der Waals surface area contributed by atoms with Crippen molar-refractivity contribution in [1.29, 1.82) is 0 Å². The first-order chi connectivity index (χ1) is 14.0. The van der Waals surface area contributed by atoms with Crippen LogP contribution < -0.4 is 27.8 Å². The molecule has 9 nitrogen and oxygen atoms in total. The van der Waals surface area contributed by atoms with Gasteiger partial charge in [0.25, 0.3) is 12.3 Å². The number of hydrogen-bond acceptors (Lipinski definition) is 6. The summed E-state index contributed by atoms with van der Waals surface area (Å²) in [6.07, 6.45) is -4.25. The quantitative estimate of drug-likeness (QED) is 0.406. The van der Waals surface area contributed by atoms with Crippen LogP contribution in [-0.4, -0.2) is 34.5 Å². The molecule has 1 aromatic heterocycles. The molecule has 8 N–H and O–H groups in total. The molecule has 1 aromatic carbocycles. The number of amides is 3. The topological polar surface area (TPSA) is 162 Å². The van der Waals surface area contributed by atoms with Crippen LogP contribution in [0.1, 0.15) is 28.2 Å². The number of aromatic nitrogens is 2. The Kier molecular flexibility index (Phi) is 7.18. The molecule has 0 saturated heterocycles. The van der Waals surface area contributed by atoms with E-state index in [2.05, 4.69) is 15.3 Å². The number of nitrogens with zero attached hydrogens (tertiary/aromatic N) is 2. The summed E-state index contributed by atoms with van der Waals surface area (Å²) in [5.41, 5.74) is 12.7. The van der Waals surface area contributed by atoms with Gasteiger partial charge in [-0.3, -0.25) is 4.79 Å². The highest BCUT2D eigenvalue weighted by Crippen LogP contribution is 2.35. The molecule has 3 amide bonds. The van der Waals surface area contributed by atoms with E-state index in [0.29, 0.717) is 0 Å². The van der Waals surface area contributed by atoms with E-state index in [4.69, 9.17) is 28.8 Å². The second kappa shape index (κ2) is 9.24. The first-order valence-corrected chi connectivity index (χ1v) is 8.81. The molecular weight excluding hydrogens is 427 g/mol. The van der Waals surface area contributed by atoms with Crippen molar-refractivity contribution >= 4 is 29.2 Å². The average molecular weight is 446 g/mol. The maximum Gasteiger partial charge on any atom is 0.313 e. The van der Waals surface area contributed by atoms with Gasteiger partial charge >= 0.3 is 6.03 Å². The van der Waals surface area contributed by atoms with Gasteiger partial charge in [0.05, 0.1) is 18.1 Å². The van der Waals surface area contributed by atoms with Crippen LogP contribution in [0, 0.1) is 12.7 Å². The Morgan fingerprint density at radius 3 is 2.50 bits per heavy atom. The van der Waals surface area contributed by atoms with Gasteiger partial charge < -0.3 is 27.8 Å². The Hall–Kier alpha value is -2.96. The number of primary amides is 1. The molecule has 30 heavy (non-hydrogen) atoms. The average Bonchev–Trinajstić information content (AvgIpc) is 2.61. The van der Waals surface area contributed by atoms with Crippen LogP contribution in [0.4, 0.5) is 23.7 Å². The van der Waals surface area contributed by atoms with Gasteiger partial charge in [0.2, 0.25) is 0 Å². The first-order valence-electron chi connectivity index (χ1n) is 8.43. The van der Waals surface area contributed by atoms with Crippen molar-refractivity contribution < 1.29 is 22.8 Å². The lowest BCUT2D eigenvalue weighted by atomic mass is 9.85. The number of benzene rings is 1. The largest absolute Gasteiger partial charge is 0.352 e. The molecule has 1 atom stereocenters. The number of nitrogens with two attached hydrogens (primary N) is 3. The third-order valence-corrected chi connectivity index (χ3v) is 4.30. The van der Waals surface area contributed by atoms with E-state index in [1.807, 2.05) is 5.32 Å². The molecule has 0 spiro atoms. The molecule has 0 aliphatic heterocycles. The number of carbonyl (C=O) groups is 2. The Morgan fingerprint density at radius 1 is 1.30 bits per heavy atom. The van der Waals surface area contributed by atoms with Gasteiger partial charge in [-0.2, -0.15) is 0 Å². The number of rotatable bonds is 7. The first kappa shape index (κ1) is 23.3. The number of anilines is 1. The summed E-state index contributed by atoms with van der Waals surface area (Å²) < 4.78 is 42.6. The Balaban J connectivity index is 2.49. The summed E-state index contributed by atoms with van der Waals surface area (Å²) in [7, 11) is 0. The number of aryl methyl sites for hydroxylation is 1. The Morgan fingerprint density at radius 2 is 1.97 bits per heavy atom. The maximum atomic E-state index is 14.5. The zero-order valence-electron chi connectivity index (χ0n) is 15.6. The van der Waals surface area contributed by atoms with Gasteiger partial charge in [-0.25, -0.2) is 27.9 Å². The molecule has 2 rings (SSSR count).